The molecule has 1 aromatic heterocycles. The number of benzene rings is 1. The van der Waals surface area contributed by atoms with Crippen molar-refractivity contribution in [1.82, 2.24) is 4.31 Å². The summed E-state index contributed by atoms with van der Waals surface area (Å²) in [4.78, 5) is 1.45. The molecule has 0 saturated heterocycles. The fourth-order valence-electron chi connectivity index (χ4n) is 2.30. The van der Waals surface area contributed by atoms with Gasteiger partial charge in [-0.3, -0.25) is 0 Å². The molecule has 1 aliphatic heterocycles. The van der Waals surface area contributed by atoms with Crippen molar-refractivity contribution in [2.24, 2.45) is 0 Å². The lowest BCUT2D eigenvalue weighted by Crippen LogP contribution is -2.35. The van der Waals surface area contributed by atoms with Gasteiger partial charge in [0, 0.05) is 22.4 Å². The van der Waals surface area contributed by atoms with Gasteiger partial charge in [-0.2, -0.15) is 4.31 Å². The van der Waals surface area contributed by atoms with Crippen LogP contribution >= 0.6 is 27.3 Å². The highest BCUT2D eigenvalue weighted by atomic mass is 79.9. The Morgan fingerprint density at radius 1 is 1.30 bits per heavy atom. The molecule has 0 amide bonds. The average Bonchev–Trinajstić information content (AvgIpc) is 2.88. The van der Waals surface area contributed by atoms with Gasteiger partial charge in [0.1, 0.15) is 4.90 Å². The second-order valence-corrected chi connectivity index (χ2v) is 8.46. The molecule has 0 unspecified atom stereocenters. The number of rotatable bonds is 2. The van der Waals surface area contributed by atoms with Gasteiger partial charge >= 0.3 is 0 Å². The van der Waals surface area contributed by atoms with Gasteiger partial charge in [0.15, 0.2) is 0 Å². The molecule has 0 radical (unpaired) electrons. The Morgan fingerprint density at radius 3 is 2.90 bits per heavy atom. The first-order valence-corrected chi connectivity index (χ1v) is 9.20. The zero-order chi connectivity index (χ0) is 14.3. The summed E-state index contributed by atoms with van der Waals surface area (Å²) in [6, 6.07) is 6.90. The number of anilines is 1. The minimum Gasteiger partial charge on any atom is -0.398 e. The Kier molecular flexibility index (Phi) is 3.62. The van der Waals surface area contributed by atoms with Crippen molar-refractivity contribution in [2.75, 3.05) is 12.3 Å². The van der Waals surface area contributed by atoms with E-state index in [-0.39, 0.29) is 10.6 Å². The molecule has 2 N–H and O–H groups in total. The average molecular weight is 373 g/mol. The molecule has 2 aromatic rings. The molecule has 0 fully saturated rings. The van der Waals surface area contributed by atoms with Gasteiger partial charge in [-0.15, -0.1) is 11.3 Å². The number of thiophene rings is 1. The monoisotopic (exact) mass is 372 g/mol. The van der Waals surface area contributed by atoms with E-state index < -0.39 is 10.0 Å². The number of halogens is 1. The number of sulfonamides is 1. The first-order valence-electron chi connectivity index (χ1n) is 6.09. The van der Waals surface area contributed by atoms with Crippen molar-refractivity contribution in [1.29, 1.82) is 0 Å². The van der Waals surface area contributed by atoms with Crippen LogP contribution in [0, 0.1) is 0 Å². The van der Waals surface area contributed by atoms with Crippen LogP contribution in [-0.4, -0.2) is 19.3 Å². The Hall–Kier alpha value is -0.890. The number of fused-ring (bicyclic) bond motifs is 1. The zero-order valence-corrected chi connectivity index (χ0v) is 13.8. The lowest BCUT2D eigenvalue weighted by molar-refractivity contribution is 0.394. The van der Waals surface area contributed by atoms with Gasteiger partial charge in [-0.05, 0) is 41.6 Å². The summed E-state index contributed by atoms with van der Waals surface area (Å²) in [5.74, 6) is 0. The van der Waals surface area contributed by atoms with Crippen LogP contribution in [0.3, 0.4) is 0 Å². The molecule has 0 bridgehead atoms. The van der Waals surface area contributed by atoms with Crippen LogP contribution in [0.25, 0.3) is 0 Å². The molecule has 0 aliphatic carbocycles. The lowest BCUT2D eigenvalue weighted by atomic mass is 10.1. The summed E-state index contributed by atoms with van der Waals surface area (Å²) in [5.41, 5.74) is 7.21. The molecule has 2 heterocycles. The van der Waals surface area contributed by atoms with Crippen LogP contribution in [0.15, 0.2) is 39.0 Å². The summed E-state index contributed by atoms with van der Waals surface area (Å²) < 4.78 is 27.6. The Labute approximate surface area is 130 Å². The molecule has 106 valence electrons. The van der Waals surface area contributed by atoms with E-state index in [9.17, 15) is 8.42 Å². The molecular weight excluding hydrogens is 360 g/mol. The third-order valence-corrected chi connectivity index (χ3v) is 6.78. The second-order valence-electron chi connectivity index (χ2n) is 4.64. The largest absolute Gasteiger partial charge is 0.398 e. The van der Waals surface area contributed by atoms with Crippen molar-refractivity contribution in [3.05, 3.63) is 44.6 Å². The number of hydrogen-bond donors (Lipinski definition) is 1. The van der Waals surface area contributed by atoms with E-state index in [1.54, 1.807) is 29.5 Å². The molecule has 0 spiro atoms. The van der Waals surface area contributed by atoms with Gasteiger partial charge in [0.25, 0.3) is 0 Å². The predicted molar refractivity (Wildman–Crippen MR) is 84.2 cm³/mol. The Morgan fingerprint density at radius 2 is 2.10 bits per heavy atom. The van der Waals surface area contributed by atoms with Crippen molar-refractivity contribution in [2.45, 2.75) is 17.9 Å². The highest BCUT2D eigenvalue weighted by molar-refractivity contribution is 9.10. The quantitative estimate of drug-likeness (QED) is 0.824. The standard InChI is InChI=1S/C13H13BrN2O2S2/c14-10-1-2-11(15)13(7-10)20(17,18)16-5-3-12-9(8-16)4-6-19-12/h1-2,4,6-7H,3,5,8,15H2. The molecule has 7 heteroatoms. The van der Waals surface area contributed by atoms with E-state index in [4.69, 9.17) is 5.73 Å². The molecule has 20 heavy (non-hydrogen) atoms. The molecule has 1 aromatic carbocycles. The van der Waals surface area contributed by atoms with E-state index in [1.807, 2.05) is 11.4 Å². The van der Waals surface area contributed by atoms with E-state index >= 15 is 0 Å². The smallest absolute Gasteiger partial charge is 0.245 e. The maximum atomic E-state index is 12.7. The summed E-state index contributed by atoms with van der Waals surface area (Å²) in [5, 5.41) is 2.01. The normalized spacial score (nSPS) is 16.1. The maximum absolute atomic E-state index is 12.7. The highest BCUT2D eigenvalue weighted by Crippen LogP contribution is 2.31. The van der Waals surface area contributed by atoms with Gasteiger partial charge in [0.2, 0.25) is 10.0 Å². The predicted octanol–water partition coefficient (Wildman–Crippen LogP) is 2.84. The fourth-order valence-corrected chi connectivity index (χ4v) is 5.26. The SMILES string of the molecule is Nc1ccc(Br)cc1S(=O)(=O)N1CCc2sccc2C1. The second kappa shape index (κ2) is 5.14. The minimum atomic E-state index is -3.55. The molecule has 0 atom stereocenters. The summed E-state index contributed by atoms with van der Waals surface area (Å²) in [6.45, 7) is 0.926. The lowest BCUT2D eigenvalue weighted by Gasteiger charge is -2.26. The van der Waals surface area contributed by atoms with Gasteiger partial charge in [0.05, 0.1) is 5.69 Å². The summed E-state index contributed by atoms with van der Waals surface area (Å²) in [7, 11) is -3.55. The first kappa shape index (κ1) is 14.1. The molecule has 1 aliphatic rings. The molecule has 0 saturated carbocycles. The van der Waals surface area contributed by atoms with Crippen LogP contribution in [0.5, 0.6) is 0 Å². The van der Waals surface area contributed by atoms with Crippen LogP contribution in [0.2, 0.25) is 0 Å². The number of hydrogen-bond acceptors (Lipinski definition) is 4. The topological polar surface area (TPSA) is 63.4 Å². The molecule has 3 rings (SSSR count). The van der Waals surface area contributed by atoms with Gasteiger partial charge < -0.3 is 5.73 Å². The minimum absolute atomic E-state index is 0.172. The highest BCUT2D eigenvalue weighted by Gasteiger charge is 2.30. The number of nitrogens with zero attached hydrogens (tertiary/aromatic N) is 1. The molecule has 4 nitrogen and oxygen atoms in total. The third-order valence-electron chi connectivity index (χ3n) is 3.37. The van der Waals surface area contributed by atoms with Crippen LogP contribution < -0.4 is 5.73 Å². The first-order chi connectivity index (χ1) is 9.48. The number of nitrogens with two attached hydrogens (primary N) is 1. The van der Waals surface area contributed by atoms with Crippen molar-refractivity contribution in [3.63, 3.8) is 0 Å². The van der Waals surface area contributed by atoms with Crippen molar-refractivity contribution in [3.8, 4) is 0 Å². The van der Waals surface area contributed by atoms with Crippen LogP contribution in [-0.2, 0) is 23.0 Å². The van der Waals surface area contributed by atoms with Gasteiger partial charge in [-0.1, -0.05) is 15.9 Å². The van der Waals surface area contributed by atoms with Crippen LogP contribution in [0.4, 0.5) is 5.69 Å². The number of nitrogen functional groups attached to an aromatic ring is 1. The molecular formula is C13H13BrN2O2S2. The van der Waals surface area contributed by atoms with Gasteiger partial charge in [-0.25, -0.2) is 8.42 Å². The van der Waals surface area contributed by atoms with Crippen LogP contribution in [0.1, 0.15) is 10.4 Å². The summed E-state index contributed by atoms with van der Waals surface area (Å²) >= 11 is 4.98. The van der Waals surface area contributed by atoms with Crippen molar-refractivity contribution >= 4 is 43.0 Å². The zero-order valence-electron chi connectivity index (χ0n) is 10.5. The fraction of sp³-hybridized carbons (Fsp3) is 0.231. The van der Waals surface area contributed by atoms with E-state index in [0.29, 0.717) is 17.6 Å². The van der Waals surface area contributed by atoms with Crippen molar-refractivity contribution < 1.29 is 8.42 Å². The Bertz CT molecular complexity index is 755. The summed E-state index contributed by atoms with van der Waals surface area (Å²) in [6.07, 6.45) is 0.764. The maximum Gasteiger partial charge on any atom is 0.245 e. The van der Waals surface area contributed by atoms with E-state index in [1.165, 1.54) is 9.18 Å². The Balaban J connectivity index is 1.99. The van der Waals surface area contributed by atoms with E-state index in [2.05, 4.69) is 15.9 Å². The van der Waals surface area contributed by atoms with E-state index in [0.717, 1.165) is 12.0 Å². The third kappa shape index (κ3) is 2.39.